The molecular formula is C10H9ClN4S. The van der Waals surface area contributed by atoms with E-state index in [0.29, 0.717) is 5.82 Å². The van der Waals surface area contributed by atoms with E-state index in [4.69, 9.17) is 17.4 Å². The summed E-state index contributed by atoms with van der Waals surface area (Å²) in [4.78, 5) is 9.12. The molecule has 0 saturated heterocycles. The minimum Gasteiger partial charge on any atom is -0.308 e. The molecule has 0 atom stereocenters. The molecule has 2 aromatic rings. The molecule has 0 saturated carbocycles. The zero-order valence-electron chi connectivity index (χ0n) is 8.22. The summed E-state index contributed by atoms with van der Waals surface area (Å²) in [5.74, 6) is 5.85. The molecule has 82 valence electrons. The molecule has 0 radical (unpaired) electrons. The summed E-state index contributed by atoms with van der Waals surface area (Å²) in [6, 6.07) is 9.33. The number of nitrogen functional groups attached to an aromatic ring is 1. The van der Waals surface area contributed by atoms with Crippen LogP contribution < -0.4 is 11.3 Å². The predicted octanol–water partition coefficient (Wildman–Crippen LogP) is 2.57. The van der Waals surface area contributed by atoms with Gasteiger partial charge in [-0.3, -0.25) is 0 Å². The van der Waals surface area contributed by atoms with Crippen LogP contribution in [-0.2, 0) is 0 Å². The van der Waals surface area contributed by atoms with Crippen molar-refractivity contribution in [2.45, 2.75) is 9.92 Å². The fourth-order valence-corrected chi connectivity index (χ4v) is 2.01. The molecule has 0 spiro atoms. The van der Waals surface area contributed by atoms with Gasteiger partial charge in [-0.25, -0.2) is 15.8 Å². The monoisotopic (exact) mass is 252 g/mol. The number of nitrogens with zero attached hydrogens (tertiary/aromatic N) is 2. The summed E-state index contributed by atoms with van der Waals surface area (Å²) < 4.78 is 0. The third kappa shape index (κ3) is 2.85. The minimum absolute atomic E-state index is 0.589. The quantitative estimate of drug-likeness (QED) is 0.499. The Hall–Kier alpha value is -1.30. The number of anilines is 1. The van der Waals surface area contributed by atoms with Crippen LogP contribution in [0.4, 0.5) is 5.82 Å². The van der Waals surface area contributed by atoms with Crippen LogP contribution >= 0.6 is 23.4 Å². The van der Waals surface area contributed by atoms with Crippen molar-refractivity contribution in [3.63, 3.8) is 0 Å². The van der Waals surface area contributed by atoms with E-state index in [0.717, 1.165) is 14.9 Å². The smallest absolute Gasteiger partial charge is 0.144 e. The second-order valence-corrected chi connectivity index (χ2v) is 4.47. The van der Waals surface area contributed by atoms with Crippen molar-refractivity contribution in [1.82, 2.24) is 9.97 Å². The van der Waals surface area contributed by atoms with Crippen LogP contribution in [0.15, 0.2) is 46.6 Å². The van der Waals surface area contributed by atoms with Crippen LogP contribution in [0.3, 0.4) is 0 Å². The number of benzene rings is 1. The zero-order valence-corrected chi connectivity index (χ0v) is 9.79. The van der Waals surface area contributed by atoms with Crippen LogP contribution in [0.5, 0.6) is 0 Å². The Bertz CT molecular complexity index is 475. The van der Waals surface area contributed by atoms with Gasteiger partial charge in [0.1, 0.15) is 17.2 Å². The number of nitrogens with two attached hydrogens (primary N) is 1. The number of rotatable bonds is 3. The summed E-state index contributed by atoms with van der Waals surface area (Å²) in [5.41, 5.74) is 2.48. The minimum atomic E-state index is 0.589. The first-order chi connectivity index (χ1) is 7.78. The molecule has 0 unspecified atom stereocenters. The first kappa shape index (κ1) is 11.2. The SMILES string of the molecule is NNc1cc(Sc2ccc(Cl)cc2)ncn1. The van der Waals surface area contributed by atoms with Crippen LogP contribution in [-0.4, -0.2) is 9.97 Å². The molecule has 3 N–H and O–H groups in total. The van der Waals surface area contributed by atoms with Crippen molar-refractivity contribution < 1.29 is 0 Å². The van der Waals surface area contributed by atoms with E-state index in [-0.39, 0.29) is 0 Å². The van der Waals surface area contributed by atoms with Gasteiger partial charge in [-0.15, -0.1) is 0 Å². The molecule has 1 aromatic carbocycles. The Morgan fingerprint density at radius 1 is 1.19 bits per heavy atom. The first-order valence-electron chi connectivity index (χ1n) is 4.50. The second-order valence-electron chi connectivity index (χ2n) is 2.94. The topological polar surface area (TPSA) is 63.8 Å². The molecule has 0 aliphatic heterocycles. The number of hydrogen-bond donors (Lipinski definition) is 2. The Labute approximate surface area is 102 Å². The fraction of sp³-hybridized carbons (Fsp3) is 0. The number of nitrogens with one attached hydrogen (secondary N) is 1. The van der Waals surface area contributed by atoms with Gasteiger partial charge in [-0.05, 0) is 24.3 Å². The van der Waals surface area contributed by atoms with E-state index in [1.807, 2.05) is 24.3 Å². The third-order valence-corrected chi connectivity index (χ3v) is 3.02. The number of halogens is 1. The molecule has 0 fully saturated rings. The first-order valence-corrected chi connectivity index (χ1v) is 5.69. The predicted molar refractivity (Wildman–Crippen MR) is 65.4 cm³/mol. The molecule has 16 heavy (non-hydrogen) atoms. The van der Waals surface area contributed by atoms with Crippen LogP contribution in [0.25, 0.3) is 0 Å². The average Bonchev–Trinajstić information content (AvgIpc) is 2.32. The summed E-state index contributed by atoms with van der Waals surface area (Å²) in [6.45, 7) is 0. The van der Waals surface area contributed by atoms with E-state index in [2.05, 4.69) is 15.4 Å². The lowest BCUT2D eigenvalue weighted by atomic mass is 10.4. The summed E-state index contributed by atoms with van der Waals surface area (Å²) in [7, 11) is 0. The van der Waals surface area contributed by atoms with Gasteiger partial charge in [-0.1, -0.05) is 23.4 Å². The normalized spacial score (nSPS) is 10.1. The molecule has 4 nitrogen and oxygen atoms in total. The van der Waals surface area contributed by atoms with Crippen molar-refractivity contribution in [3.05, 3.63) is 41.7 Å². The van der Waals surface area contributed by atoms with Crippen molar-refractivity contribution in [2.75, 3.05) is 5.43 Å². The summed E-state index contributed by atoms with van der Waals surface area (Å²) in [6.07, 6.45) is 1.47. The molecule has 1 heterocycles. The average molecular weight is 253 g/mol. The molecule has 0 bridgehead atoms. The lowest BCUT2D eigenvalue weighted by molar-refractivity contribution is 1.04. The number of hydrogen-bond acceptors (Lipinski definition) is 5. The molecule has 0 amide bonds. The van der Waals surface area contributed by atoms with Gasteiger partial charge in [0.15, 0.2) is 0 Å². The number of hydrazine groups is 1. The van der Waals surface area contributed by atoms with E-state index < -0.39 is 0 Å². The van der Waals surface area contributed by atoms with E-state index in [1.54, 1.807) is 6.07 Å². The third-order valence-electron chi connectivity index (χ3n) is 1.83. The van der Waals surface area contributed by atoms with Crippen molar-refractivity contribution in [1.29, 1.82) is 0 Å². The van der Waals surface area contributed by atoms with Crippen molar-refractivity contribution in [3.8, 4) is 0 Å². The molecule has 0 aliphatic carbocycles. The highest BCUT2D eigenvalue weighted by atomic mass is 35.5. The van der Waals surface area contributed by atoms with Gasteiger partial charge in [-0.2, -0.15) is 0 Å². The summed E-state index contributed by atoms with van der Waals surface area (Å²) in [5, 5.41) is 1.54. The number of aromatic nitrogens is 2. The Kier molecular flexibility index (Phi) is 3.61. The van der Waals surface area contributed by atoms with Crippen LogP contribution in [0.1, 0.15) is 0 Å². The molecule has 1 aromatic heterocycles. The maximum Gasteiger partial charge on any atom is 0.144 e. The van der Waals surface area contributed by atoms with Gasteiger partial charge in [0.25, 0.3) is 0 Å². The maximum absolute atomic E-state index is 5.80. The Morgan fingerprint density at radius 3 is 2.62 bits per heavy atom. The van der Waals surface area contributed by atoms with Gasteiger partial charge in [0.05, 0.1) is 0 Å². The largest absolute Gasteiger partial charge is 0.308 e. The zero-order chi connectivity index (χ0) is 11.4. The van der Waals surface area contributed by atoms with Gasteiger partial charge >= 0.3 is 0 Å². The Balaban J connectivity index is 2.16. The van der Waals surface area contributed by atoms with Crippen molar-refractivity contribution >= 4 is 29.2 Å². The molecule has 6 heteroatoms. The van der Waals surface area contributed by atoms with Gasteiger partial charge in [0.2, 0.25) is 0 Å². The van der Waals surface area contributed by atoms with Gasteiger partial charge in [0, 0.05) is 16.0 Å². The van der Waals surface area contributed by atoms with Crippen LogP contribution in [0.2, 0.25) is 5.02 Å². The fourth-order valence-electron chi connectivity index (χ4n) is 1.10. The Morgan fingerprint density at radius 2 is 1.94 bits per heavy atom. The highest BCUT2D eigenvalue weighted by Gasteiger charge is 2.00. The highest BCUT2D eigenvalue weighted by Crippen LogP contribution is 2.27. The van der Waals surface area contributed by atoms with Crippen LogP contribution in [0, 0.1) is 0 Å². The standard InChI is InChI=1S/C10H9ClN4S/c11-7-1-3-8(4-2-7)16-10-5-9(15-12)13-6-14-10/h1-6H,12H2,(H,13,14,15). The van der Waals surface area contributed by atoms with Gasteiger partial charge < -0.3 is 5.43 Å². The van der Waals surface area contributed by atoms with E-state index in [9.17, 15) is 0 Å². The summed E-state index contributed by atoms with van der Waals surface area (Å²) >= 11 is 7.32. The van der Waals surface area contributed by atoms with E-state index in [1.165, 1.54) is 18.1 Å². The lowest BCUT2D eigenvalue weighted by Crippen LogP contribution is -2.08. The second kappa shape index (κ2) is 5.16. The highest BCUT2D eigenvalue weighted by molar-refractivity contribution is 7.99. The molecular weight excluding hydrogens is 244 g/mol. The maximum atomic E-state index is 5.80. The van der Waals surface area contributed by atoms with E-state index >= 15 is 0 Å². The molecule has 2 rings (SSSR count). The van der Waals surface area contributed by atoms with Crippen molar-refractivity contribution in [2.24, 2.45) is 5.84 Å². The lowest BCUT2D eigenvalue weighted by Gasteiger charge is -2.02. The molecule has 0 aliphatic rings.